The Morgan fingerprint density at radius 1 is 1.05 bits per heavy atom. The third-order valence-corrected chi connectivity index (χ3v) is 4.71. The van der Waals surface area contributed by atoms with Gasteiger partial charge in [-0.1, -0.05) is 24.3 Å². The Morgan fingerprint density at radius 3 is 2.50 bits per heavy atom. The number of carbonyl (C=O) groups excluding carboxylic acids is 1. The lowest BCUT2D eigenvalue weighted by atomic mass is 9.99. The van der Waals surface area contributed by atoms with Crippen LogP contribution in [0.15, 0.2) is 48.5 Å². The van der Waals surface area contributed by atoms with Gasteiger partial charge in [0.1, 0.15) is 0 Å². The molecule has 4 rings (SSSR count). The quantitative estimate of drug-likeness (QED) is 0.615. The Bertz CT molecular complexity index is 832. The van der Waals surface area contributed by atoms with Gasteiger partial charge in [0.2, 0.25) is 0 Å². The van der Waals surface area contributed by atoms with E-state index in [4.69, 9.17) is 4.74 Å². The maximum Gasteiger partial charge on any atom is 0.339 e. The van der Waals surface area contributed by atoms with Crippen LogP contribution >= 0.6 is 11.3 Å². The fourth-order valence-corrected chi connectivity index (χ4v) is 3.62. The number of thiophene rings is 1. The van der Waals surface area contributed by atoms with E-state index in [1.165, 1.54) is 4.88 Å². The molecule has 2 aromatic carbocycles. The van der Waals surface area contributed by atoms with Gasteiger partial charge in [0.05, 0.1) is 5.56 Å². The number of carbonyl (C=O) groups is 1. The largest absolute Gasteiger partial charge is 0.448 e. The van der Waals surface area contributed by atoms with E-state index < -0.39 is 0 Å². The van der Waals surface area contributed by atoms with Crippen LogP contribution in [0.4, 0.5) is 0 Å². The van der Waals surface area contributed by atoms with Crippen LogP contribution in [0.1, 0.15) is 31.8 Å². The van der Waals surface area contributed by atoms with Crippen LogP contribution in [-0.4, -0.2) is 5.97 Å². The number of aryl methyl sites for hydroxylation is 1. The van der Waals surface area contributed by atoms with E-state index in [1.54, 1.807) is 11.3 Å². The second-order valence-corrected chi connectivity index (χ2v) is 6.34. The standard InChI is InChI=1S/C17H12O2S/c1-10-6-7-15(20-10)16-13-8-11-4-2-3-5-12(11)9-14(13)17(18)19-16/h2-9,16H,1H3. The van der Waals surface area contributed by atoms with Gasteiger partial charge in [0.15, 0.2) is 6.10 Å². The molecule has 0 fully saturated rings. The summed E-state index contributed by atoms with van der Waals surface area (Å²) in [6, 6.07) is 16.2. The molecule has 98 valence electrons. The Kier molecular flexibility index (Phi) is 2.44. The third-order valence-electron chi connectivity index (χ3n) is 3.66. The molecule has 0 aliphatic carbocycles. The van der Waals surface area contributed by atoms with Gasteiger partial charge in [-0.25, -0.2) is 4.79 Å². The zero-order valence-electron chi connectivity index (χ0n) is 10.9. The summed E-state index contributed by atoms with van der Waals surface area (Å²) < 4.78 is 5.57. The van der Waals surface area contributed by atoms with Crippen molar-refractivity contribution < 1.29 is 9.53 Å². The number of esters is 1. The molecule has 20 heavy (non-hydrogen) atoms. The Morgan fingerprint density at radius 2 is 1.80 bits per heavy atom. The predicted octanol–water partition coefficient (Wildman–Crippen LogP) is 4.47. The lowest BCUT2D eigenvalue weighted by molar-refractivity contribution is 0.0461. The molecule has 1 unspecified atom stereocenters. The van der Waals surface area contributed by atoms with Gasteiger partial charge >= 0.3 is 5.97 Å². The van der Waals surface area contributed by atoms with Crippen LogP contribution in [0.3, 0.4) is 0 Å². The fraction of sp³-hybridized carbons (Fsp3) is 0.118. The maximum absolute atomic E-state index is 12.1. The third kappa shape index (κ3) is 1.67. The zero-order chi connectivity index (χ0) is 13.7. The summed E-state index contributed by atoms with van der Waals surface area (Å²) in [6.45, 7) is 2.06. The molecule has 1 aromatic heterocycles. The van der Waals surface area contributed by atoms with Crippen LogP contribution in [0.5, 0.6) is 0 Å². The van der Waals surface area contributed by atoms with Gasteiger partial charge in [-0.3, -0.25) is 0 Å². The summed E-state index contributed by atoms with van der Waals surface area (Å²) in [7, 11) is 0. The lowest BCUT2D eigenvalue weighted by Crippen LogP contribution is -1.97. The summed E-state index contributed by atoms with van der Waals surface area (Å²) in [6.07, 6.45) is -0.249. The monoisotopic (exact) mass is 280 g/mol. The minimum atomic E-state index is -0.249. The number of fused-ring (bicyclic) bond motifs is 2. The molecule has 0 radical (unpaired) electrons. The summed E-state index contributed by atoms with van der Waals surface area (Å²) >= 11 is 1.68. The summed E-state index contributed by atoms with van der Waals surface area (Å²) in [5, 5.41) is 2.22. The first-order valence-corrected chi connectivity index (χ1v) is 7.34. The SMILES string of the molecule is Cc1ccc(C2OC(=O)c3cc4ccccc4cc32)s1. The van der Waals surface area contributed by atoms with Crippen molar-refractivity contribution in [1.29, 1.82) is 0 Å². The summed E-state index contributed by atoms with van der Waals surface area (Å²) in [4.78, 5) is 14.4. The van der Waals surface area contributed by atoms with Crippen LogP contribution in [-0.2, 0) is 4.74 Å². The van der Waals surface area contributed by atoms with Crippen molar-refractivity contribution in [2.24, 2.45) is 0 Å². The highest BCUT2D eigenvalue weighted by atomic mass is 32.1. The number of benzene rings is 2. The number of cyclic esters (lactones) is 1. The number of hydrogen-bond acceptors (Lipinski definition) is 3. The molecule has 2 nitrogen and oxygen atoms in total. The molecule has 2 heterocycles. The van der Waals surface area contributed by atoms with E-state index in [-0.39, 0.29) is 12.1 Å². The summed E-state index contributed by atoms with van der Waals surface area (Å²) in [5.74, 6) is -0.221. The normalized spacial score (nSPS) is 17.2. The Balaban J connectivity index is 1.93. The first-order valence-electron chi connectivity index (χ1n) is 6.52. The van der Waals surface area contributed by atoms with E-state index in [0.717, 1.165) is 21.2 Å². The van der Waals surface area contributed by atoms with Crippen molar-refractivity contribution >= 4 is 28.1 Å². The average Bonchev–Trinajstić information content (AvgIpc) is 3.01. The molecule has 3 heteroatoms. The molecule has 0 bridgehead atoms. The first-order chi connectivity index (χ1) is 9.72. The predicted molar refractivity (Wildman–Crippen MR) is 80.3 cm³/mol. The van der Waals surface area contributed by atoms with Gasteiger partial charge in [-0.05, 0) is 42.0 Å². The molecule has 0 saturated carbocycles. The molecule has 1 aliphatic heterocycles. The number of ether oxygens (including phenoxy) is 1. The van der Waals surface area contributed by atoms with Gasteiger partial charge in [-0.2, -0.15) is 0 Å². The Labute approximate surface area is 120 Å². The van der Waals surface area contributed by atoms with Crippen molar-refractivity contribution in [3.63, 3.8) is 0 Å². The molecule has 0 amide bonds. The van der Waals surface area contributed by atoms with E-state index in [2.05, 4.69) is 25.1 Å². The topological polar surface area (TPSA) is 26.3 Å². The Hall–Kier alpha value is -2.13. The van der Waals surface area contributed by atoms with E-state index in [1.807, 2.05) is 30.3 Å². The van der Waals surface area contributed by atoms with Crippen molar-refractivity contribution in [3.8, 4) is 0 Å². The van der Waals surface area contributed by atoms with E-state index in [0.29, 0.717) is 5.56 Å². The smallest absolute Gasteiger partial charge is 0.339 e. The van der Waals surface area contributed by atoms with Gasteiger partial charge in [0, 0.05) is 15.3 Å². The van der Waals surface area contributed by atoms with Gasteiger partial charge in [0.25, 0.3) is 0 Å². The number of rotatable bonds is 1. The maximum atomic E-state index is 12.1. The first kappa shape index (κ1) is 11.7. The molecule has 0 N–H and O–H groups in total. The minimum Gasteiger partial charge on any atom is -0.448 e. The molecule has 0 saturated heterocycles. The van der Waals surface area contributed by atoms with Crippen LogP contribution in [0, 0.1) is 6.92 Å². The fourth-order valence-electron chi connectivity index (χ4n) is 2.69. The van der Waals surface area contributed by atoms with Gasteiger partial charge < -0.3 is 4.74 Å². The second kappa shape index (κ2) is 4.18. The molecule has 1 atom stereocenters. The van der Waals surface area contributed by atoms with Crippen LogP contribution in [0.2, 0.25) is 0 Å². The summed E-state index contributed by atoms with van der Waals surface area (Å²) in [5.41, 5.74) is 1.68. The highest BCUT2D eigenvalue weighted by Crippen LogP contribution is 2.40. The minimum absolute atomic E-state index is 0.221. The average molecular weight is 280 g/mol. The molecular weight excluding hydrogens is 268 g/mol. The molecule has 1 aliphatic rings. The van der Waals surface area contributed by atoms with Crippen molar-refractivity contribution in [2.75, 3.05) is 0 Å². The van der Waals surface area contributed by atoms with Crippen LogP contribution in [0.25, 0.3) is 10.8 Å². The molecular formula is C17H12O2S. The van der Waals surface area contributed by atoms with Crippen molar-refractivity contribution in [2.45, 2.75) is 13.0 Å². The number of hydrogen-bond donors (Lipinski definition) is 0. The van der Waals surface area contributed by atoms with Crippen molar-refractivity contribution in [1.82, 2.24) is 0 Å². The van der Waals surface area contributed by atoms with Crippen LogP contribution < -0.4 is 0 Å². The van der Waals surface area contributed by atoms with Gasteiger partial charge in [-0.15, -0.1) is 11.3 Å². The molecule has 0 spiro atoms. The lowest BCUT2D eigenvalue weighted by Gasteiger charge is -2.08. The van der Waals surface area contributed by atoms with E-state index in [9.17, 15) is 4.79 Å². The molecule has 3 aromatic rings. The highest BCUT2D eigenvalue weighted by Gasteiger charge is 2.33. The van der Waals surface area contributed by atoms with Crippen molar-refractivity contribution in [3.05, 3.63) is 69.4 Å². The zero-order valence-corrected chi connectivity index (χ0v) is 11.7. The van der Waals surface area contributed by atoms with E-state index >= 15 is 0 Å². The second-order valence-electron chi connectivity index (χ2n) is 5.02. The highest BCUT2D eigenvalue weighted by molar-refractivity contribution is 7.12.